The molecule has 0 bridgehead atoms. The molecule has 3 aromatic carbocycles. The van der Waals surface area contributed by atoms with E-state index in [9.17, 15) is 14.3 Å². The Bertz CT molecular complexity index is 1060. The van der Waals surface area contributed by atoms with E-state index in [1.807, 2.05) is 37.2 Å². The zero-order valence-corrected chi connectivity index (χ0v) is 16.8. The van der Waals surface area contributed by atoms with Gasteiger partial charge >= 0.3 is 0 Å². The minimum atomic E-state index is -0.570. The first kappa shape index (κ1) is 20.2. The van der Waals surface area contributed by atoms with Crippen LogP contribution >= 0.6 is 0 Å². The lowest BCUT2D eigenvalue weighted by molar-refractivity contribution is -0.114. The SMILES string of the molecule is COc1cc(-c2cccc(-c3ccc(NC(C)=O)c(F)c3)c2O)ccc1N(C)C. The molecule has 2 N–H and O–H groups in total. The molecule has 0 fully saturated rings. The highest BCUT2D eigenvalue weighted by atomic mass is 19.1. The number of methoxy groups -OCH3 is 1. The van der Waals surface area contributed by atoms with Gasteiger partial charge in [-0.1, -0.05) is 30.3 Å². The molecule has 1 amide bonds. The molecule has 5 nitrogen and oxygen atoms in total. The number of carbonyl (C=O) groups is 1. The molecule has 29 heavy (non-hydrogen) atoms. The van der Waals surface area contributed by atoms with Gasteiger partial charge in [0.25, 0.3) is 0 Å². The van der Waals surface area contributed by atoms with Crippen molar-refractivity contribution in [1.29, 1.82) is 0 Å². The highest BCUT2D eigenvalue weighted by Gasteiger charge is 2.15. The second-order valence-electron chi connectivity index (χ2n) is 6.86. The van der Waals surface area contributed by atoms with Crippen LogP contribution in [0.1, 0.15) is 6.92 Å². The van der Waals surface area contributed by atoms with Crippen molar-refractivity contribution in [3.63, 3.8) is 0 Å². The van der Waals surface area contributed by atoms with E-state index < -0.39 is 5.82 Å². The van der Waals surface area contributed by atoms with Crippen LogP contribution in [0.25, 0.3) is 22.3 Å². The Labute approximate surface area is 169 Å². The molecule has 0 aromatic heterocycles. The summed E-state index contributed by atoms with van der Waals surface area (Å²) in [6.45, 7) is 1.32. The van der Waals surface area contributed by atoms with Crippen molar-refractivity contribution in [2.24, 2.45) is 0 Å². The maximum atomic E-state index is 14.4. The third-order valence-corrected chi connectivity index (χ3v) is 4.60. The van der Waals surface area contributed by atoms with Crippen molar-refractivity contribution < 1.29 is 19.0 Å². The Morgan fingerprint density at radius 1 is 1.03 bits per heavy atom. The van der Waals surface area contributed by atoms with Crippen molar-refractivity contribution in [3.05, 3.63) is 60.4 Å². The van der Waals surface area contributed by atoms with E-state index in [1.165, 1.54) is 19.1 Å². The summed E-state index contributed by atoms with van der Waals surface area (Å²) in [5, 5.41) is 13.3. The largest absolute Gasteiger partial charge is 0.507 e. The predicted molar refractivity (Wildman–Crippen MR) is 114 cm³/mol. The van der Waals surface area contributed by atoms with E-state index in [-0.39, 0.29) is 17.3 Å². The van der Waals surface area contributed by atoms with Crippen molar-refractivity contribution in [3.8, 4) is 33.8 Å². The summed E-state index contributed by atoms with van der Waals surface area (Å²) in [4.78, 5) is 13.1. The Morgan fingerprint density at radius 3 is 2.21 bits per heavy atom. The lowest BCUT2D eigenvalue weighted by atomic mass is 9.96. The number of carbonyl (C=O) groups excluding carboxylic acids is 1. The van der Waals surface area contributed by atoms with Gasteiger partial charge in [-0.15, -0.1) is 0 Å². The fourth-order valence-electron chi connectivity index (χ4n) is 3.20. The lowest BCUT2D eigenvalue weighted by Crippen LogP contribution is -2.09. The van der Waals surface area contributed by atoms with Gasteiger partial charge in [-0.05, 0) is 35.4 Å². The number of ether oxygens (including phenoxy) is 1. The molecule has 3 rings (SSSR count). The zero-order chi connectivity index (χ0) is 21.1. The number of halogens is 1. The van der Waals surface area contributed by atoms with Crippen molar-refractivity contribution in [2.45, 2.75) is 6.92 Å². The van der Waals surface area contributed by atoms with Crippen LogP contribution in [0.15, 0.2) is 54.6 Å². The van der Waals surface area contributed by atoms with Crippen molar-refractivity contribution in [1.82, 2.24) is 0 Å². The number of phenols is 1. The quantitative estimate of drug-likeness (QED) is 0.646. The summed E-state index contributed by atoms with van der Waals surface area (Å²) < 4.78 is 19.8. The number of hydrogen-bond acceptors (Lipinski definition) is 4. The first-order valence-electron chi connectivity index (χ1n) is 9.07. The average Bonchev–Trinajstić information content (AvgIpc) is 2.69. The highest BCUT2D eigenvalue weighted by molar-refractivity contribution is 5.90. The molecule has 0 heterocycles. The van der Waals surface area contributed by atoms with Crippen LogP contribution in [0.5, 0.6) is 11.5 Å². The monoisotopic (exact) mass is 394 g/mol. The van der Waals surface area contributed by atoms with Crippen molar-refractivity contribution in [2.75, 3.05) is 31.4 Å². The predicted octanol–water partition coefficient (Wildman–Crippen LogP) is 4.90. The molecule has 0 aliphatic heterocycles. The fourth-order valence-corrected chi connectivity index (χ4v) is 3.20. The number of aromatic hydroxyl groups is 1. The van der Waals surface area contributed by atoms with Gasteiger partial charge in [0.2, 0.25) is 5.91 Å². The van der Waals surface area contributed by atoms with E-state index in [0.29, 0.717) is 22.4 Å². The molecule has 0 radical (unpaired) electrons. The van der Waals surface area contributed by atoms with Crippen LogP contribution in [-0.2, 0) is 4.79 Å². The number of benzene rings is 3. The summed E-state index contributed by atoms with van der Waals surface area (Å²) in [6.07, 6.45) is 0. The summed E-state index contributed by atoms with van der Waals surface area (Å²) in [5.41, 5.74) is 3.40. The minimum absolute atomic E-state index is 0.0406. The van der Waals surface area contributed by atoms with E-state index in [2.05, 4.69) is 5.32 Å². The maximum Gasteiger partial charge on any atom is 0.221 e. The van der Waals surface area contributed by atoms with Gasteiger partial charge < -0.3 is 20.1 Å². The summed E-state index contributed by atoms with van der Waals surface area (Å²) in [6, 6.07) is 15.4. The van der Waals surface area contributed by atoms with Crippen LogP contribution in [0, 0.1) is 5.82 Å². The molecular weight excluding hydrogens is 371 g/mol. The van der Waals surface area contributed by atoms with Crippen LogP contribution in [-0.4, -0.2) is 32.2 Å². The average molecular weight is 394 g/mol. The molecular formula is C23H23FN2O3. The maximum absolute atomic E-state index is 14.4. The van der Waals surface area contributed by atoms with Gasteiger partial charge in [0.05, 0.1) is 18.5 Å². The van der Waals surface area contributed by atoms with Gasteiger partial charge in [-0.25, -0.2) is 4.39 Å². The fraction of sp³-hybridized carbons (Fsp3) is 0.174. The summed E-state index contributed by atoms with van der Waals surface area (Å²) >= 11 is 0. The normalized spacial score (nSPS) is 10.5. The number of anilines is 2. The van der Waals surface area contributed by atoms with E-state index in [1.54, 1.807) is 31.4 Å². The van der Waals surface area contributed by atoms with Crippen LogP contribution in [0.2, 0.25) is 0 Å². The number of phenolic OH excluding ortho intramolecular Hbond substituents is 1. The third kappa shape index (κ3) is 4.16. The third-order valence-electron chi connectivity index (χ3n) is 4.60. The van der Waals surface area contributed by atoms with Crippen LogP contribution in [0.4, 0.5) is 15.8 Å². The molecule has 0 unspecified atom stereocenters. The Balaban J connectivity index is 2.05. The van der Waals surface area contributed by atoms with Gasteiger partial charge in [0, 0.05) is 32.1 Å². The topological polar surface area (TPSA) is 61.8 Å². The number of nitrogens with one attached hydrogen (secondary N) is 1. The van der Waals surface area contributed by atoms with Gasteiger partial charge in [0.1, 0.15) is 17.3 Å². The summed E-state index contributed by atoms with van der Waals surface area (Å²) in [5.74, 6) is -0.196. The van der Waals surface area contributed by atoms with Crippen LogP contribution < -0.4 is 15.0 Å². The van der Waals surface area contributed by atoms with E-state index >= 15 is 0 Å². The summed E-state index contributed by atoms with van der Waals surface area (Å²) in [7, 11) is 5.45. The van der Waals surface area contributed by atoms with Crippen LogP contribution in [0.3, 0.4) is 0 Å². The Morgan fingerprint density at radius 2 is 1.66 bits per heavy atom. The first-order valence-corrected chi connectivity index (χ1v) is 9.07. The second kappa shape index (κ2) is 8.22. The van der Waals surface area contributed by atoms with Gasteiger partial charge in [0.15, 0.2) is 0 Å². The smallest absolute Gasteiger partial charge is 0.221 e. The molecule has 0 saturated heterocycles. The second-order valence-corrected chi connectivity index (χ2v) is 6.86. The molecule has 0 saturated carbocycles. The molecule has 150 valence electrons. The number of rotatable bonds is 5. The van der Waals surface area contributed by atoms with Crippen molar-refractivity contribution >= 4 is 17.3 Å². The minimum Gasteiger partial charge on any atom is -0.507 e. The number of para-hydroxylation sites is 1. The standard InChI is InChI=1S/C23H23FN2O3/c1-14(27)25-20-10-8-15(12-19(20)24)17-6-5-7-18(23(17)28)16-9-11-21(26(2)3)22(13-16)29-4/h5-13,28H,1-4H3,(H,25,27). The molecule has 0 spiro atoms. The number of amides is 1. The van der Waals surface area contributed by atoms with Gasteiger partial charge in [-0.2, -0.15) is 0 Å². The molecule has 0 aliphatic rings. The first-order chi connectivity index (χ1) is 13.8. The van der Waals surface area contributed by atoms with Gasteiger partial charge in [-0.3, -0.25) is 4.79 Å². The Hall–Kier alpha value is -3.54. The lowest BCUT2D eigenvalue weighted by Gasteiger charge is -2.18. The number of nitrogens with zero attached hydrogens (tertiary/aromatic N) is 1. The molecule has 0 atom stereocenters. The van der Waals surface area contributed by atoms with E-state index in [4.69, 9.17) is 4.74 Å². The number of hydrogen-bond donors (Lipinski definition) is 2. The molecule has 0 aliphatic carbocycles. The zero-order valence-electron chi connectivity index (χ0n) is 16.8. The molecule has 6 heteroatoms. The van der Waals surface area contributed by atoms with E-state index in [0.717, 1.165) is 11.3 Å². The highest BCUT2D eigenvalue weighted by Crippen LogP contribution is 2.41. The molecule has 3 aromatic rings. The Kier molecular flexibility index (Phi) is 5.73.